The second-order valence-electron chi connectivity index (χ2n) is 3.14. The van der Waals surface area contributed by atoms with E-state index in [1.807, 2.05) is 35.9 Å². The molecule has 15 heavy (non-hydrogen) atoms. The lowest BCUT2D eigenvalue weighted by Gasteiger charge is -2.01. The summed E-state index contributed by atoms with van der Waals surface area (Å²) in [6, 6.07) is 7.94. The topological polar surface area (TPSA) is 30.7 Å². The molecule has 3 nitrogen and oxygen atoms in total. The average molecular weight is 287 g/mol. The van der Waals surface area contributed by atoms with E-state index in [0.717, 1.165) is 21.7 Å². The molecule has 0 aliphatic carbocycles. The number of aromatic nitrogens is 3. The first-order valence-corrected chi connectivity index (χ1v) is 5.75. The summed E-state index contributed by atoms with van der Waals surface area (Å²) in [5, 5.41) is 8.10. The maximum atomic E-state index is 5.73. The minimum Gasteiger partial charge on any atom is -0.313 e. The molecule has 0 spiro atoms. The predicted molar refractivity (Wildman–Crippen MR) is 63.7 cm³/mol. The zero-order chi connectivity index (χ0) is 10.8. The molecule has 0 bridgehead atoms. The van der Waals surface area contributed by atoms with Gasteiger partial charge in [0.2, 0.25) is 0 Å². The molecule has 0 atom stereocenters. The number of alkyl halides is 1. The molecule has 0 N–H and O–H groups in total. The van der Waals surface area contributed by atoms with Crippen molar-refractivity contribution in [3.8, 4) is 11.4 Å². The lowest BCUT2D eigenvalue weighted by molar-refractivity contribution is 0.853. The van der Waals surface area contributed by atoms with Crippen LogP contribution >= 0.6 is 27.5 Å². The summed E-state index contributed by atoms with van der Waals surface area (Å²) in [5.41, 5.74) is 1.03. The van der Waals surface area contributed by atoms with Gasteiger partial charge in [0.25, 0.3) is 0 Å². The molecule has 5 heteroatoms. The van der Waals surface area contributed by atoms with Crippen LogP contribution in [-0.2, 0) is 12.9 Å². The molecular formula is C10H9BrClN3. The van der Waals surface area contributed by atoms with Gasteiger partial charge in [-0.15, -0.1) is 21.8 Å². The fourth-order valence-corrected chi connectivity index (χ4v) is 1.83. The van der Waals surface area contributed by atoms with Crippen molar-refractivity contribution in [1.29, 1.82) is 0 Å². The molecule has 0 amide bonds. The zero-order valence-electron chi connectivity index (χ0n) is 8.11. The summed E-state index contributed by atoms with van der Waals surface area (Å²) in [4.78, 5) is 0. The van der Waals surface area contributed by atoms with Crippen molar-refractivity contribution in [3.05, 3.63) is 34.6 Å². The number of halogens is 2. The van der Waals surface area contributed by atoms with Crippen molar-refractivity contribution >= 4 is 27.5 Å². The van der Waals surface area contributed by atoms with Crippen LogP contribution in [0.15, 0.2) is 28.7 Å². The Morgan fingerprint density at radius 1 is 1.27 bits per heavy atom. The van der Waals surface area contributed by atoms with E-state index in [9.17, 15) is 0 Å². The molecule has 78 valence electrons. The van der Waals surface area contributed by atoms with Crippen LogP contribution in [0.4, 0.5) is 0 Å². The molecule has 0 aliphatic heterocycles. The van der Waals surface area contributed by atoms with Crippen molar-refractivity contribution in [1.82, 2.24) is 14.8 Å². The van der Waals surface area contributed by atoms with Crippen LogP contribution in [-0.4, -0.2) is 14.8 Å². The van der Waals surface area contributed by atoms with Crippen molar-refractivity contribution < 1.29 is 0 Å². The molecule has 2 aromatic rings. The number of hydrogen-bond acceptors (Lipinski definition) is 2. The summed E-state index contributed by atoms with van der Waals surface area (Å²) in [6.45, 7) is 0. The Bertz CT molecular complexity index is 464. The quantitative estimate of drug-likeness (QED) is 0.795. The molecule has 0 fully saturated rings. The van der Waals surface area contributed by atoms with E-state index in [1.54, 1.807) is 0 Å². The average Bonchev–Trinajstić information content (AvgIpc) is 2.61. The minimum atomic E-state index is 0.375. The van der Waals surface area contributed by atoms with Gasteiger partial charge < -0.3 is 4.57 Å². The van der Waals surface area contributed by atoms with Crippen LogP contribution in [0.25, 0.3) is 11.4 Å². The van der Waals surface area contributed by atoms with Gasteiger partial charge in [-0.1, -0.05) is 28.1 Å². The van der Waals surface area contributed by atoms with Crippen LogP contribution < -0.4 is 0 Å². The molecule has 0 unspecified atom stereocenters. The van der Waals surface area contributed by atoms with Crippen molar-refractivity contribution in [2.24, 2.45) is 7.05 Å². The highest BCUT2D eigenvalue weighted by atomic mass is 79.9. The number of hydrogen-bond donors (Lipinski definition) is 0. The summed E-state index contributed by atoms with van der Waals surface area (Å²) in [5.74, 6) is 1.98. The first-order chi connectivity index (χ1) is 7.22. The normalized spacial score (nSPS) is 10.6. The van der Waals surface area contributed by atoms with Gasteiger partial charge >= 0.3 is 0 Å². The summed E-state index contributed by atoms with van der Waals surface area (Å²) >= 11 is 9.12. The Labute approximate surface area is 101 Å². The van der Waals surface area contributed by atoms with Crippen LogP contribution in [0, 0.1) is 0 Å². The smallest absolute Gasteiger partial charge is 0.163 e. The SMILES string of the molecule is Cn1c(CCl)nnc1-c1ccc(Br)cc1. The maximum absolute atomic E-state index is 5.73. The van der Waals surface area contributed by atoms with Gasteiger partial charge in [0.05, 0.1) is 5.88 Å². The molecule has 0 saturated carbocycles. The summed E-state index contributed by atoms with van der Waals surface area (Å²) in [7, 11) is 1.91. The Morgan fingerprint density at radius 3 is 2.47 bits per heavy atom. The second kappa shape index (κ2) is 4.33. The zero-order valence-corrected chi connectivity index (χ0v) is 10.5. The van der Waals surface area contributed by atoms with Crippen LogP contribution in [0.2, 0.25) is 0 Å². The van der Waals surface area contributed by atoms with Gasteiger partial charge in [-0.25, -0.2) is 0 Å². The van der Waals surface area contributed by atoms with Gasteiger partial charge in [-0.2, -0.15) is 0 Å². The molecule has 1 heterocycles. The lowest BCUT2D eigenvalue weighted by atomic mass is 10.2. The lowest BCUT2D eigenvalue weighted by Crippen LogP contribution is -1.96. The monoisotopic (exact) mass is 285 g/mol. The van der Waals surface area contributed by atoms with E-state index in [-0.39, 0.29) is 0 Å². The molecule has 1 aromatic carbocycles. The highest BCUT2D eigenvalue weighted by Crippen LogP contribution is 2.20. The molecule has 0 saturated heterocycles. The largest absolute Gasteiger partial charge is 0.313 e. The van der Waals surface area contributed by atoms with Gasteiger partial charge in [-0.05, 0) is 12.1 Å². The third-order valence-corrected chi connectivity index (χ3v) is 2.95. The summed E-state index contributed by atoms with van der Waals surface area (Å²) in [6.07, 6.45) is 0. The molecular weight excluding hydrogens is 277 g/mol. The maximum Gasteiger partial charge on any atom is 0.163 e. The first kappa shape index (κ1) is 10.6. The van der Waals surface area contributed by atoms with E-state index < -0.39 is 0 Å². The van der Waals surface area contributed by atoms with E-state index in [1.165, 1.54) is 0 Å². The van der Waals surface area contributed by atoms with Gasteiger partial charge in [0.1, 0.15) is 5.82 Å². The van der Waals surface area contributed by atoms with E-state index in [2.05, 4.69) is 26.1 Å². The highest BCUT2D eigenvalue weighted by molar-refractivity contribution is 9.10. The number of rotatable bonds is 2. The predicted octanol–water partition coefficient (Wildman–Crippen LogP) is 2.98. The molecule has 1 aromatic heterocycles. The first-order valence-electron chi connectivity index (χ1n) is 4.42. The Hall–Kier alpha value is -0.870. The molecule has 0 aliphatic rings. The Morgan fingerprint density at radius 2 is 1.93 bits per heavy atom. The third-order valence-electron chi connectivity index (χ3n) is 2.19. The van der Waals surface area contributed by atoms with Gasteiger partial charge in [-0.3, -0.25) is 0 Å². The van der Waals surface area contributed by atoms with Gasteiger partial charge in [0.15, 0.2) is 5.82 Å². The second-order valence-corrected chi connectivity index (χ2v) is 4.32. The third kappa shape index (κ3) is 2.06. The Balaban J connectivity index is 2.45. The van der Waals surface area contributed by atoms with Crippen LogP contribution in [0.3, 0.4) is 0 Å². The van der Waals surface area contributed by atoms with Crippen molar-refractivity contribution in [2.75, 3.05) is 0 Å². The molecule has 0 radical (unpaired) electrons. The molecule has 2 rings (SSSR count). The number of nitrogens with zero attached hydrogens (tertiary/aromatic N) is 3. The summed E-state index contributed by atoms with van der Waals surface area (Å²) < 4.78 is 2.95. The Kier molecular flexibility index (Phi) is 3.07. The van der Waals surface area contributed by atoms with E-state index >= 15 is 0 Å². The highest BCUT2D eigenvalue weighted by Gasteiger charge is 2.08. The van der Waals surface area contributed by atoms with Crippen LogP contribution in [0.5, 0.6) is 0 Å². The fourth-order valence-electron chi connectivity index (χ4n) is 1.33. The number of benzene rings is 1. The van der Waals surface area contributed by atoms with E-state index in [4.69, 9.17) is 11.6 Å². The van der Waals surface area contributed by atoms with E-state index in [0.29, 0.717) is 5.88 Å². The van der Waals surface area contributed by atoms with Crippen molar-refractivity contribution in [3.63, 3.8) is 0 Å². The van der Waals surface area contributed by atoms with Gasteiger partial charge in [0, 0.05) is 17.1 Å². The standard InChI is InChI=1S/C10H9BrClN3/c1-15-9(6-12)13-14-10(15)7-2-4-8(11)5-3-7/h2-5H,6H2,1H3. The minimum absolute atomic E-state index is 0.375. The van der Waals surface area contributed by atoms with Crippen LogP contribution in [0.1, 0.15) is 5.82 Å². The fraction of sp³-hybridized carbons (Fsp3) is 0.200. The van der Waals surface area contributed by atoms with Crippen molar-refractivity contribution in [2.45, 2.75) is 5.88 Å².